The van der Waals surface area contributed by atoms with Crippen molar-refractivity contribution in [1.29, 1.82) is 0 Å². The second kappa shape index (κ2) is 9.23. The molecular formula is C22H24FN7O3. The van der Waals surface area contributed by atoms with Crippen LogP contribution in [0.1, 0.15) is 25.6 Å². The zero-order valence-corrected chi connectivity index (χ0v) is 18.5. The molecule has 0 aliphatic carbocycles. The number of pyridine rings is 2. The van der Waals surface area contributed by atoms with Crippen LogP contribution >= 0.6 is 0 Å². The lowest BCUT2D eigenvalue weighted by Gasteiger charge is -2.13. The summed E-state index contributed by atoms with van der Waals surface area (Å²) in [6, 6.07) is 5.25. The molecule has 4 aromatic rings. The van der Waals surface area contributed by atoms with Crippen LogP contribution in [-0.4, -0.2) is 50.9 Å². The number of ether oxygens (including phenoxy) is 1. The van der Waals surface area contributed by atoms with E-state index < -0.39 is 18.1 Å². The van der Waals surface area contributed by atoms with E-state index in [1.165, 1.54) is 0 Å². The first-order valence-electron chi connectivity index (χ1n) is 10.3. The number of hydrogen-bond donors (Lipinski definition) is 2. The summed E-state index contributed by atoms with van der Waals surface area (Å²) in [5, 5.41) is 9.26. The van der Waals surface area contributed by atoms with Gasteiger partial charge in [0.1, 0.15) is 18.1 Å². The molecule has 172 valence electrons. The van der Waals surface area contributed by atoms with Crippen molar-refractivity contribution in [2.75, 3.05) is 25.6 Å². The number of carbonyl (C=O) groups excluding carboxylic acids is 1. The highest BCUT2D eigenvalue weighted by Crippen LogP contribution is 2.24. The molecule has 0 aliphatic rings. The van der Waals surface area contributed by atoms with Crippen LogP contribution in [0, 0.1) is 0 Å². The number of imidazole rings is 1. The van der Waals surface area contributed by atoms with Crippen molar-refractivity contribution >= 4 is 17.5 Å². The second-order valence-electron chi connectivity index (χ2n) is 8.09. The minimum atomic E-state index is -0.831. The molecule has 10 nitrogen and oxygen atoms in total. The van der Waals surface area contributed by atoms with E-state index in [0.29, 0.717) is 29.5 Å². The van der Waals surface area contributed by atoms with Crippen LogP contribution in [0.3, 0.4) is 0 Å². The second-order valence-corrected chi connectivity index (χ2v) is 8.09. The largest absolute Gasteiger partial charge is 0.495 e. The van der Waals surface area contributed by atoms with Gasteiger partial charge in [-0.25, -0.2) is 14.2 Å². The average Bonchev–Trinajstić information content (AvgIpc) is 3.45. The van der Waals surface area contributed by atoms with Gasteiger partial charge in [-0.2, -0.15) is 4.98 Å². The van der Waals surface area contributed by atoms with Crippen LogP contribution < -0.4 is 15.4 Å². The molecule has 2 N–H and O–H groups in total. The first kappa shape index (κ1) is 22.2. The Bertz CT molecular complexity index is 1270. The highest BCUT2D eigenvalue weighted by molar-refractivity contribution is 5.88. The Balaban J connectivity index is 1.35. The van der Waals surface area contributed by atoms with E-state index in [1.807, 2.05) is 28.8 Å². The number of hydrogen-bond acceptors (Lipinski definition) is 7. The molecule has 33 heavy (non-hydrogen) atoms. The van der Waals surface area contributed by atoms with Crippen molar-refractivity contribution in [3.05, 3.63) is 54.7 Å². The first-order valence-corrected chi connectivity index (χ1v) is 10.3. The summed E-state index contributed by atoms with van der Waals surface area (Å²) in [7, 11) is 1.59. The number of alkyl halides is 1. The van der Waals surface area contributed by atoms with Crippen molar-refractivity contribution in [3.63, 3.8) is 0 Å². The van der Waals surface area contributed by atoms with Crippen molar-refractivity contribution in [2.24, 2.45) is 0 Å². The maximum absolute atomic E-state index is 13.0. The van der Waals surface area contributed by atoms with Gasteiger partial charge in [0, 0.05) is 36.5 Å². The number of urea groups is 1. The number of nitrogens with one attached hydrogen (secondary N) is 2. The highest BCUT2D eigenvalue weighted by Gasteiger charge is 2.27. The molecule has 0 saturated heterocycles. The molecule has 0 atom stereocenters. The SMILES string of the molecule is COc1cncc(-c2ccc3nc(NC(=O)NCCc4noc(C(C)(C)CF)n4)cn3c2)c1. The third-order valence-electron chi connectivity index (χ3n) is 4.99. The van der Waals surface area contributed by atoms with E-state index in [0.717, 1.165) is 11.1 Å². The molecule has 0 fully saturated rings. The minimum absolute atomic E-state index is 0.234. The predicted octanol–water partition coefficient (Wildman–Crippen LogP) is 3.40. The van der Waals surface area contributed by atoms with E-state index in [1.54, 1.807) is 39.5 Å². The maximum atomic E-state index is 13.0. The van der Waals surface area contributed by atoms with Gasteiger partial charge in [0.15, 0.2) is 11.6 Å². The summed E-state index contributed by atoms with van der Waals surface area (Å²) >= 11 is 0. The summed E-state index contributed by atoms with van der Waals surface area (Å²) in [6.07, 6.45) is 7.36. The van der Waals surface area contributed by atoms with Crippen LogP contribution in [0.4, 0.5) is 15.0 Å². The number of carbonyl (C=O) groups is 1. The van der Waals surface area contributed by atoms with Crippen LogP contribution in [0.25, 0.3) is 16.8 Å². The van der Waals surface area contributed by atoms with Gasteiger partial charge < -0.3 is 19.0 Å². The van der Waals surface area contributed by atoms with E-state index in [2.05, 4.69) is 30.7 Å². The van der Waals surface area contributed by atoms with E-state index in [4.69, 9.17) is 9.26 Å². The Hall–Kier alpha value is -4.02. The van der Waals surface area contributed by atoms with Gasteiger partial charge in [-0.3, -0.25) is 10.3 Å². The number of amides is 2. The molecule has 0 radical (unpaired) electrons. The van der Waals surface area contributed by atoms with Gasteiger partial charge >= 0.3 is 6.03 Å². The Kier molecular flexibility index (Phi) is 6.20. The van der Waals surface area contributed by atoms with Crippen molar-refractivity contribution in [3.8, 4) is 16.9 Å². The van der Waals surface area contributed by atoms with Crippen LogP contribution in [0.5, 0.6) is 5.75 Å². The number of aromatic nitrogens is 5. The normalized spacial score (nSPS) is 11.5. The lowest BCUT2D eigenvalue weighted by atomic mass is 9.96. The Morgan fingerprint density at radius 3 is 2.85 bits per heavy atom. The lowest BCUT2D eigenvalue weighted by molar-refractivity contribution is 0.252. The molecule has 0 aromatic carbocycles. The van der Waals surface area contributed by atoms with Gasteiger partial charge in [0.2, 0.25) is 5.89 Å². The molecule has 2 amide bonds. The minimum Gasteiger partial charge on any atom is -0.495 e. The quantitative estimate of drug-likeness (QED) is 0.420. The Labute approximate surface area is 189 Å². The Morgan fingerprint density at radius 1 is 1.21 bits per heavy atom. The van der Waals surface area contributed by atoms with Gasteiger partial charge in [0.25, 0.3) is 0 Å². The molecule has 0 saturated carbocycles. The number of fused-ring (bicyclic) bond motifs is 1. The number of anilines is 1. The fourth-order valence-corrected chi connectivity index (χ4v) is 3.05. The molecule has 0 unspecified atom stereocenters. The third kappa shape index (κ3) is 5.08. The molecular weight excluding hydrogens is 429 g/mol. The van der Waals surface area contributed by atoms with Crippen molar-refractivity contribution in [1.82, 2.24) is 29.8 Å². The molecule has 4 heterocycles. The number of rotatable bonds is 8. The molecule has 4 rings (SSSR count). The van der Waals surface area contributed by atoms with Gasteiger partial charge in [-0.05, 0) is 32.0 Å². The van der Waals surface area contributed by atoms with Crippen LogP contribution in [0.15, 0.2) is 47.5 Å². The smallest absolute Gasteiger partial charge is 0.320 e. The third-order valence-corrected chi connectivity index (χ3v) is 4.99. The Morgan fingerprint density at radius 2 is 2.06 bits per heavy atom. The molecule has 4 aromatic heterocycles. The van der Waals surface area contributed by atoms with Gasteiger partial charge in [-0.1, -0.05) is 5.16 Å². The fraction of sp³-hybridized carbons (Fsp3) is 0.318. The summed E-state index contributed by atoms with van der Waals surface area (Å²) in [5.41, 5.74) is 1.68. The topological polar surface area (TPSA) is 119 Å². The molecule has 0 spiro atoms. The standard InChI is InChI=1S/C22H24FN7O3/c1-22(2,13-23)20-27-17(29-33-20)6-7-25-21(31)28-18-12-30-11-14(4-5-19(30)26-18)15-8-16(32-3)10-24-9-15/h4-5,8-12H,6-7,13H2,1-3H3,(H2,25,28,31). The predicted molar refractivity (Wildman–Crippen MR) is 119 cm³/mol. The first-order chi connectivity index (χ1) is 15.9. The summed E-state index contributed by atoms with van der Waals surface area (Å²) in [6.45, 7) is 3.04. The van der Waals surface area contributed by atoms with E-state index >= 15 is 0 Å². The average molecular weight is 453 g/mol. The molecule has 0 aliphatic heterocycles. The zero-order valence-electron chi connectivity index (χ0n) is 18.5. The van der Waals surface area contributed by atoms with Crippen LogP contribution in [0.2, 0.25) is 0 Å². The van der Waals surface area contributed by atoms with Crippen molar-refractivity contribution in [2.45, 2.75) is 25.7 Å². The van der Waals surface area contributed by atoms with Gasteiger partial charge in [-0.15, -0.1) is 0 Å². The maximum Gasteiger partial charge on any atom is 0.320 e. The fourth-order valence-electron chi connectivity index (χ4n) is 3.05. The summed E-state index contributed by atoms with van der Waals surface area (Å²) in [4.78, 5) is 25.0. The number of nitrogens with zero attached hydrogens (tertiary/aromatic N) is 5. The summed E-state index contributed by atoms with van der Waals surface area (Å²) in [5.74, 6) is 1.71. The molecule has 11 heteroatoms. The van der Waals surface area contributed by atoms with Crippen LogP contribution in [-0.2, 0) is 11.8 Å². The highest BCUT2D eigenvalue weighted by atomic mass is 19.1. The lowest BCUT2D eigenvalue weighted by Crippen LogP contribution is -2.30. The number of halogens is 1. The monoisotopic (exact) mass is 453 g/mol. The number of methoxy groups -OCH3 is 1. The van der Waals surface area contributed by atoms with Gasteiger partial charge in [0.05, 0.1) is 24.9 Å². The molecule has 0 bridgehead atoms. The van der Waals surface area contributed by atoms with E-state index in [-0.39, 0.29) is 12.4 Å². The zero-order chi connectivity index (χ0) is 23.4. The summed E-state index contributed by atoms with van der Waals surface area (Å²) < 4.78 is 25.2. The van der Waals surface area contributed by atoms with E-state index in [9.17, 15) is 9.18 Å². The van der Waals surface area contributed by atoms with Crippen molar-refractivity contribution < 1.29 is 18.4 Å².